The van der Waals surface area contributed by atoms with Gasteiger partial charge in [-0.15, -0.1) is 0 Å². The average Bonchev–Trinajstić information content (AvgIpc) is 3.66. The molecule has 37 heavy (non-hydrogen) atoms. The third kappa shape index (κ3) is 5.61. The highest BCUT2D eigenvalue weighted by molar-refractivity contribution is 6.35. The average molecular weight is 554 g/mol. The molecule has 10 heteroatoms. The first-order chi connectivity index (χ1) is 17.5. The quantitative estimate of drug-likeness (QED) is 0.508. The van der Waals surface area contributed by atoms with Gasteiger partial charge < -0.3 is 15.5 Å². The van der Waals surface area contributed by atoms with E-state index in [1.54, 1.807) is 18.2 Å². The minimum absolute atomic E-state index is 0.0115. The summed E-state index contributed by atoms with van der Waals surface area (Å²) in [6.07, 6.45) is -1.20. The van der Waals surface area contributed by atoms with Crippen LogP contribution in [0.15, 0.2) is 42.5 Å². The smallest absolute Gasteiger partial charge is 0.350 e. The van der Waals surface area contributed by atoms with Gasteiger partial charge in [0.25, 0.3) is 0 Å². The minimum Gasteiger partial charge on any atom is -0.350 e. The van der Waals surface area contributed by atoms with Crippen molar-refractivity contribution in [2.45, 2.75) is 55.8 Å². The van der Waals surface area contributed by atoms with Crippen molar-refractivity contribution in [2.24, 2.45) is 5.92 Å². The van der Waals surface area contributed by atoms with Gasteiger partial charge in [0.15, 0.2) is 0 Å². The molecule has 198 valence electrons. The van der Waals surface area contributed by atoms with Gasteiger partial charge in [-0.1, -0.05) is 41.4 Å². The molecule has 6 rings (SSSR count). The van der Waals surface area contributed by atoms with Crippen LogP contribution in [0.25, 0.3) is 0 Å². The monoisotopic (exact) mass is 553 g/mol. The lowest BCUT2D eigenvalue weighted by Crippen LogP contribution is -2.60. The Morgan fingerprint density at radius 2 is 1.73 bits per heavy atom. The van der Waals surface area contributed by atoms with Crippen molar-refractivity contribution in [2.75, 3.05) is 19.6 Å². The maximum atomic E-state index is 13.5. The Bertz CT molecular complexity index is 1180. The normalized spacial score (nSPS) is 24.8. The Balaban J connectivity index is 1.36. The van der Waals surface area contributed by atoms with E-state index in [4.69, 9.17) is 23.2 Å². The first-order valence-electron chi connectivity index (χ1n) is 12.5. The van der Waals surface area contributed by atoms with Crippen molar-refractivity contribution in [3.05, 3.63) is 69.2 Å². The molecule has 2 amide bonds. The van der Waals surface area contributed by atoms with Gasteiger partial charge in [-0.3, -0.25) is 9.59 Å². The van der Waals surface area contributed by atoms with Crippen molar-refractivity contribution in [1.82, 2.24) is 15.5 Å². The van der Waals surface area contributed by atoms with Crippen LogP contribution in [0.3, 0.4) is 0 Å². The lowest BCUT2D eigenvalue weighted by atomic mass is 9.84. The van der Waals surface area contributed by atoms with Crippen molar-refractivity contribution < 1.29 is 22.8 Å². The Morgan fingerprint density at radius 1 is 1.05 bits per heavy atom. The maximum Gasteiger partial charge on any atom is 0.416 e. The van der Waals surface area contributed by atoms with Gasteiger partial charge >= 0.3 is 6.18 Å². The number of carbonyl (C=O) groups is 2. The van der Waals surface area contributed by atoms with E-state index in [0.717, 1.165) is 44.6 Å². The number of nitrogens with one attached hydrogen (secondary N) is 2. The molecule has 2 aromatic carbocycles. The standard InChI is InChI=1S/C27H28Cl2F3N3O2/c28-19-5-6-20(21(29)14-19)26(9-10-26)25(37)34-22(13-16-1-3-18(4-2-16)27(30,31)32)24(36)33-23-15-35-11-7-17(23)8-12-35/h1-6,14,17,22-23H,7-13,15H2,(H,33,36)(H,34,37)/t22-,23?/m0/s1. The van der Waals surface area contributed by atoms with Gasteiger partial charge in [-0.05, 0) is 80.1 Å². The molecule has 0 spiro atoms. The fourth-order valence-corrected chi connectivity index (χ4v) is 6.19. The van der Waals surface area contributed by atoms with Crippen molar-refractivity contribution in [3.8, 4) is 0 Å². The lowest BCUT2D eigenvalue weighted by molar-refractivity contribution is -0.137. The van der Waals surface area contributed by atoms with Gasteiger partial charge in [0.2, 0.25) is 11.8 Å². The minimum atomic E-state index is -4.45. The van der Waals surface area contributed by atoms with Crippen LogP contribution in [0, 0.1) is 5.92 Å². The third-order valence-corrected chi connectivity index (χ3v) is 8.51. The highest BCUT2D eigenvalue weighted by Crippen LogP contribution is 2.51. The zero-order valence-electron chi connectivity index (χ0n) is 20.1. The molecule has 2 N–H and O–H groups in total. The molecular formula is C27H28Cl2F3N3O2. The fourth-order valence-electron chi connectivity index (χ4n) is 5.60. The van der Waals surface area contributed by atoms with Gasteiger partial charge in [0, 0.05) is 29.1 Å². The summed E-state index contributed by atoms with van der Waals surface area (Å²) in [7, 11) is 0. The summed E-state index contributed by atoms with van der Waals surface area (Å²) in [5.41, 5.74) is -0.433. The zero-order chi connectivity index (χ0) is 26.4. The number of carbonyl (C=O) groups excluding carboxylic acids is 2. The van der Waals surface area contributed by atoms with E-state index < -0.39 is 23.2 Å². The summed E-state index contributed by atoms with van der Waals surface area (Å²) in [5, 5.41) is 6.88. The predicted octanol–water partition coefficient (Wildman–Crippen LogP) is 4.98. The van der Waals surface area contributed by atoms with E-state index in [0.29, 0.717) is 39.9 Å². The maximum absolute atomic E-state index is 13.5. The van der Waals surface area contributed by atoms with E-state index >= 15 is 0 Å². The largest absolute Gasteiger partial charge is 0.416 e. The first kappa shape index (κ1) is 26.3. The molecule has 3 saturated heterocycles. The van der Waals surface area contributed by atoms with Crippen LogP contribution in [0.5, 0.6) is 0 Å². The van der Waals surface area contributed by atoms with Crippen molar-refractivity contribution in [3.63, 3.8) is 0 Å². The third-order valence-electron chi connectivity index (χ3n) is 7.96. The molecule has 4 fully saturated rings. The molecule has 1 unspecified atom stereocenters. The van der Waals surface area contributed by atoms with Crippen molar-refractivity contribution in [1.29, 1.82) is 0 Å². The first-order valence-corrected chi connectivity index (χ1v) is 13.3. The molecular weight excluding hydrogens is 526 g/mol. The van der Waals surface area contributed by atoms with Crippen LogP contribution in [0.1, 0.15) is 42.4 Å². The van der Waals surface area contributed by atoms with Crippen LogP contribution >= 0.6 is 23.2 Å². The number of nitrogens with zero attached hydrogens (tertiary/aromatic N) is 1. The molecule has 0 radical (unpaired) electrons. The molecule has 4 aliphatic rings. The van der Waals surface area contributed by atoms with Crippen molar-refractivity contribution >= 4 is 35.0 Å². The second-order valence-electron chi connectivity index (χ2n) is 10.4. The van der Waals surface area contributed by atoms with Gasteiger partial charge in [-0.25, -0.2) is 0 Å². The summed E-state index contributed by atoms with van der Waals surface area (Å²) < 4.78 is 39.1. The molecule has 2 aromatic rings. The highest BCUT2D eigenvalue weighted by Gasteiger charge is 2.53. The Labute approximate surface area is 223 Å². The van der Waals surface area contributed by atoms with Gasteiger partial charge in [-0.2, -0.15) is 13.2 Å². The number of alkyl halides is 3. The number of halogens is 5. The summed E-state index contributed by atoms with van der Waals surface area (Å²) in [4.78, 5) is 29.3. The summed E-state index contributed by atoms with van der Waals surface area (Å²) in [5.74, 6) is -0.262. The highest BCUT2D eigenvalue weighted by atomic mass is 35.5. The second kappa shape index (κ2) is 10.1. The molecule has 1 saturated carbocycles. The topological polar surface area (TPSA) is 61.4 Å². The number of benzene rings is 2. The second-order valence-corrected chi connectivity index (χ2v) is 11.2. The Kier molecular flexibility index (Phi) is 7.20. The molecule has 1 aliphatic carbocycles. The number of piperidine rings is 3. The van der Waals surface area contributed by atoms with Crippen LogP contribution in [0.4, 0.5) is 13.2 Å². The van der Waals surface area contributed by atoms with Crippen LogP contribution in [-0.2, 0) is 27.6 Å². The summed E-state index contributed by atoms with van der Waals surface area (Å²) in [6, 6.07) is 8.74. The number of rotatable bonds is 7. The Hall–Kier alpha value is -2.29. The van der Waals surface area contributed by atoms with E-state index in [1.165, 1.54) is 12.1 Å². The zero-order valence-corrected chi connectivity index (χ0v) is 21.6. The number of fused-ring (bicyclic) bond motifs is 3. The predicted molar refractivity (Wildman–Crippen MR) is 136 cm³/mol. The molecule has 2 atom stereocenters. The molecule has 5 nitrogen and oxygen atoms in total. The van der Waals surface area contributed by atoms with Crippen LogP contribution < -0.4 is 10.6 Å². The lowest BCUT2D eigenvalue weighted by Gasteiger charge is -2.45. The summed E-state index contributed by atoms with van der Waals surface area (Å²) >= 11 is 12.4. The number of hydrogen-bond acceptors (Lipinski definition) is 3. The molecule has 0 aromatic heterocycles. The van der Waals surface area contributed by atoms with Crippen LogP contribution in [0.2, 0.25) is 10.0 Å². The summed E-state index contributed by atoms with van der Waals surface area (Å²) in [6.45, 7) is 2.81. The Morgan fingerprint density at radius 3 is 2.27 bits per heavy atom. The van der Waals surface area contributed by atoms with E-state index in [1.807, 2.05) is 0 Å². The van der Waals surface area contributed by atoms with E-state index in [2.05, 4.69) is 15.5 Å². The molecule has 2 bridgehead atoms. The SMILES string of the molecule is O=C(NC1CN2CCC1CC2)[C@H](Cc1ccc(C(F)(F)F)cc1)NC(=O)C1(c2ccc(Cl)cc2Cl)CC1. The number of amides is 2. The van der Waals surface area contributed by atoms with Crippen LogP contribution in [-0.4, -0.2) is 48.4 Å². The fraction of sp³-hybridized carbons (Fsp3) is 0.481. The molecule has 3 heterocycles. The van der Waals surface area contributed by atoms with E-state index in [-0.39, 0.29) is 24.3 Å². The van der Waals surface area contributed by atoms with Gasteiger partial charge in [0.1, 0.15) is 6.04 Å². The number of hydrogen-bond donors (Lipinski definition) is 2. The van der Waals surface area contributed by atoms with E-state index in [9.17, 15) is 22.8 Å². The van der Waals surface area contributed by atoms with Gasteiger partial charge in [0.05, 0.1) is 11.0 Å². The molecule has 3 aliphatic heterocycles.